The fourth-order valence-electron chi connectivity index (χ4n) is 2.54. The van der Waals surface area contributed by atoms with E-state index in [1.54, 1.807) is 16.1 Å². The molecule has 0 saturated carbocycles. The zero-order valence-corrected chi connectivity index (χ0v) is 14.8. The van der Waals surface area contributed by atoms with Gasteiger partial charge in [0.05, 0.1) is 4.90 Å². The second-order valence-corrected chi connectivity index (χ2v) is 13.8. The summed E-state index contributed by atoms with van der Waals surface area (Å²) >= 11 is 0. The molecule has 0 aliphatic carbocycles. The van der Waals surface area contributed by atoms with Gasteiger partial charge in [-0.25, -0.2) is 12.4 Å². The van der Waals surface area contributed by atoms with E-state index in [9.17, 15) is 8.42 Å². The third-order valence-electron chi connectivity index (χ3n) is 2.78. The third kappa shape index (κ3) is 3.67. The molecule has 19 heavy (non-hydrogen) atoms. The molecule has 0 atom stereocenters. The highest BCUT2D eigenvalue weighted by molar-refractivity contribution is 7.90. The van der Waals surface area contributed by atoms with Gasteiger partial charge in [-0.2, -0.15) is 0 Å². The highest BCUT2D eigenvalue weighted by atomic mass is 32.2. The molecular weight excluding hydrogens is 274 g/mol. The topological polar surface area (TPSA) is 37.4 Å². The van der Waals surface area contributed by atoms with Crippen LogP contribution in [0, 0.1) is 6.92 Å². The molecule has 0 spiro atoms. The van der Waals surface area contributed by atoms with Crippen LogP contribution in [0.2, 0.25) is 19.6 Å². The standard InChI is InChI=1S/C14H25NO2SSi/c1-12-8-10-13(11-9-12)18(16,17)15(14(2,3)4)19(5,6)7/h8-11H,1-7H3. The van der Waals surface area contributed by atoms with Gasteiger partial charge in [-0.05, 0) is 39.8 Å². The van der Waals surface area contributed by atoms with Crippen molar-refractivity contribution < 1.29 is 8.42 Å². The van der Waals surface area contributed by atoms with Gasteiger partial charge in [0.15, 0.2) is 0 Å². The molecule has 0 aliphatic rings. The van der Waals surface area contributed by atoms with Gasteiger partial charge in [0.25, 0.3) is 0 Å². The molecule has 0 saturated heterocycles. The largest absolute Gasteiger partial charge is 0.237 e. The molecule has 0 unspecified atom stereocenters. The quantitative estimate of drug-likeness (QED) is 0.799. The minimum atomic E-state index is -3.44. The van der Waals surface area contributed by atoms with Crippen molar-refractivity contribution in [1.82, 2.24) is 3.97 Å². The lowest BCUT2D eigenvalue weighted by Crippen LogP contribution is -2.58. The van der Waals surface area contributed by atoms with Crippen molar-refractivity contribution in [3.05, 3.63) is 29.8 Å². The second-order valence-electron chi connectivity index (χ2n) is 6.92. The van der Waals surface area contributed by atoms with E-state index in [1.165, 1.54) is 0 Å². The van der Waals surface area contributed by atoms with Gasteiger partial charge in [0.2, 0.25) is 10.0 Å². The summed E-state index contributed by atoms with van der Waals surface area (Å²) in [6.45, 7) is 14.0. The summed E-state index contributed by atoms with van der Waals surface area (Å²) in [5, 5.41) is 0. The summed E-state index contributed by atoms with van der Waals surface area (Å²) < 4.78 is 27.5. The Bertz CT molecular complexity index is 522. The highest BCUT2D eigenvalue weighted by Gasteiger charge is 2.42. The summed E-state index contributed by atoms with van der Waals surface area (Å²) in [6, 6.07) is 7.09. The van der Waals surface area contributed by atoms with E-state index in [1.807, 2.05) is 39.8 Å². The first-order valence-corrected chi connectivity index (χ1v) is 11.4. The van der Waals surface area contributed by atoms with Crippen molar-refractivity contribution in [2.75, 3.05) is 0 Å². The number of nitrogens with zero attached hydrogens (tertiary/aromatic N) is 1. The van der Waals surface area contributed by atoms with Crippen LogP contribution >= 0.6 is 0 Å². The van der Waals surface area contributed by atoms with Gasteiger partial charge in [-0.1, -0.05) is 37.3 Å². The van der Waals surface area contributed by atoms with Crippen LogP contribution in [0.5, 0.6) is 0 Å². The second kappa shape index (κ2) is 5.03. The molecule has 1 aromatic carbocycles. The van der Waals surface area contributed by atoms with E-state index in [4.69, 9.17) is 0 Å². The molecule has 1 rings (SSSR count). The van der Waals surface area contributed by atoms with E-state index in [0.29, 0.717) is 4.90 Å². The third-order valence-corrected chi connectivity index (χ3v) is 8.93. The molecule has 0 amide bonds. The molecule has 3 nitrogen and oxygen atoms in total. The Morgan fingerprint density at radius 1 is 1.00 bits per heavy atom. The first-order chi connectivity index (χ1) is 8.37. The van der Waals surface area contributed by atoms with E-state index in [0.717, 1.165) is 5.56 Å². The maximum Gasteiger partial charge on any atom is 0.237 e. The van der Waals surface area contributed by atoms with Crippen LogP contribution in [0.4, 0.5) is 0 Å². The van der Waals surface area contributed by atoms with Crippen molar-refractivity contribution in [3.8, 4) is 0 Å². The van der Waals surface area contributed by atoms with Crippen LogP contribution in [-0.2, 0) is 10.0 Å². The maximum atomic E-state index is 12.9. The van der Waals surface area contributed by atoms with Crippen molar-refractivity contribution in [2.24, 2.45) is 0 Å². The highest BCUT2D eigenvalue weighted by Crippen LogP contribution is 2.30. The molecule has 0 N–H and O–H groups in total. The number of sulfonamides is 1. The lowest BCUT2D eigenvalue weighted by molar-refractivity contribution is 0.350. The van der Waals surface area contributed by atoms with E-state index in [2.05, 4.69) is 19.6 Å². The van der Waals surface area contributed by atoms with E-state index < -0.39 is 23.8 Å². The predicted octanol–water partition coefficient (Wildman–Crippen LogP) is 3.62. The van der Waals surface area contributed by atoms with Gasteiger partial charge in [-0.3, -0.25) is 0 Å². The number of hydrogen-bond donors (Lipinski definition) is 0. The Morgan fingerprint density at radius 2 is 1.42 bits per heavy atom. The smallest absolute Gasteiger partial charge is 0.216 e. The average molecular weight is 300 g/mol. The molecule has 0 fully saturated rings. The lowest BCUT2D eigenvalue weighted by Gasteiger charge is -2.42. The maximum absolute atomic E-state index is 12.9. The van der Waals surface area contributed by atoms with Crippen LogP contribution in [0.1, 0.15) is 26.3 Å². The van der Waals surface area contributed by atoms with Crippen LogP contribution in [0.3, 0.4) is 0 Å². The number of benzene rings is 1. The summed E-state index contributed by atoms with van der Waals surface area (Å²) in [5.74, 6) is 0. The van der Waals surface area contributed by atoms with Gasteiger partial charge in [0.1, 0.15) is 8.24 Å². The minimum Gasteiger partial charge on any atom is -0.216 e. The van der Waals surface area contributed by atoms with Crippen molar-refractivity contribution in [2.45, 2.75) is 57.8 Å². The predicted molar refractivity (Wildman–Crippen MR) is 83.3 cm³/mol. The summed E-state index contributed by atoms with van der Waals surface area (Å²) in [7, 11) is -5.45. The van der Waals surface area contributed by atoms with Crippen molar-refractivity contribution in [3.63, 3.8) is 0 Å². The molecule has 1 aromatic rings. The molecule has 0 aromatic heterocycles. The fraction of sp³-hybridized carbons (Fsp3) is 0.571. The molecule has 0 aliphatic heterocycles. The summed E-state index contributed by atoms with van der Waals surface area (Å²) in [6.07, 6.45) is 0. The van der Waals surface area contributed by atoms with Crippen molar-refractivity contribution >= 4 is 18.3 Å². The van der Waals surface area contributed by atoms with Crippen LogP contribution in [-0.4, -0.2) is 26.2 Å². The lowest BCUT2D eigenvalue weighted by atomic mass is 10.1. The Hall–Kier alpha value is -0.653. The first-order valence-electron chi connectivity index (χ1n) is 6.49. The van der Waals surface area contributed by atoms with Gasteiger partial charge in [-0.15, -0.1) is 0 Å². The molecule has 0 bridgehead atoms. The Morgan fingerprint density at radius 3 is 1.74 bits per heavy atom. The molecular formula is C14H25NO2SSi. The summed E-state index contributed by atoms with van der Waals surface area (Å²) in [4.78, 5) is 0.385. The molecule has 108 valence electrons. The molecule has 5 heteroatoms. The van der Waals surface area contributed by atoms with Crippen LogP contribution in [0.15, 0.2) is 29.2 Å². The van der Waals surface area contributed by atoms with Crippen LogP contribution in [0.25, 0.3) is 0 Å². The van der Waals surface area contributed by atoms with E-state index in [-0.39, 0.29) is 0 Å². The van der Waals surface area contributed by atoms with Gasteiger partial charge in [0, 0.05) is 5.54 Å². The number of hydrogen-bond acceptors (Lipinski definition) is 2. The normalized spacial score (nSPS) is 13.9. The zero-order valence-electron chi connectivity index (χ0n) is 13.0. The number of aryl methyl sites for hydroxylation is 1. The molecule has 0 radical (unpaired) electrons. The molecule has 0 heterocycles. The Labute approximate surface area is 118 Å². The Kier molecular flexibility index (Phi) is 4.35. The number of rotatable bonds is 3. The average Bonchev–Trinajstić information content (AvgIpc) is 2.12. The zero-order chi connectivity index (χ0) is 15.1. The SMILES string of the molecule is Cc1ccc(S(=O)(=O)N(C(C)(C)C)[Si](C)(C)C)cc1. The first kappa shape index (κ1) is 16.4. The summed E-state index contributed by atoms with van der Waals surface area (Å²) in [5.41, 5.74) is 0.656. The van der Waals surface area contributed by atoms with Crippen LogP contribution < -0.4 is 0 Å². The Balaban J connectivity index is 3.41. The minimum absolute atomic E-state index is 0.385. The van der Waals surface area contributed by atoms with Gasteiger partial charge < -0.3 is 0 Å². The van der Waals surface area contributed by atoms with E-state index >= 15 is 0 Å². The fourth-order valence-corrected chi connectivity index (χ4v) is 9.17. The van der Waals surface area contributed by atoms with Crippen molar-refractivity contribution in [1.29, 1.82) is 0 Å². The van der Waals surface area contributed by atoms with Gasteiger partial charge >= 0.3 is 0 Å². The monoisotopic (exact) mass is 299 g/mol.